The zero-order valence-electron chi connectivity index (χ0n) is 15.6. The lowest BCUT2D eigenvalue weighted by Gasteiger charge is -2.15. The molecule has 0 aliphatic heterocycles. The van der Waals surface area contributed by atoms with Gasteiger partial charge in [0, 0.05) is 4.47 Å². The van der Waals surface area contributed by atoms with Gasteiger partial charge in [0.1, 0.15) is 4.90 Å². The van der Waals surface area contributed by atoms with Gasteiger partial charge in [-0.2, -0.15) is 0 Å². The number of nitrogens with one attached hydrogen (secondary N) is 2. The van der Waals surface area contributed by atoms with Gasteiger partial charge >= 0.3 is 0 Å². The molecule has 0 bridgehead atoms. The summed E-state index contributed by atoms with van der Waals surface area (Å²) >= 11 is 3.38. The molecule has 3 rings (SSSR count). The summed E-state index contributed by atoms with van der Waals surface area (Å²) in [6, 6.07) is 20.1. The topological polar surface area (TPSA) is 84.5 Å². The zero-order chi connectivity index (χ0) is 20.9. The Labute approximate surface area is 178 Å². The highest BCUT2D eigenvalue weighted by Crippen LogP contribution is 2.35. The summed E-state index contributed by atoms with van der Waals surface area (Å²) in [5.41, 5.74) is 1.05. The number of sulfone groups is 1. The highest BCUT2D eigenvalue weighted by molar-refractivity contribution is 9.10. The molecular weight excluding hydrogens is 456 g/mol. The van der Waals surface area contributed by atoms with Crippen molar-refractivity contribution in [3.05, 3.63) is 77.3 Å². The van der Waals surface area contributed by atoms with Crippen molar-refractivity contribution in [3.8, 4) is 5.75 Å². The van der Waals surface area contributed by atoms with Crippen LogP contribution in [-0.4, -0.2) is 28.0 Å². The van der Waals surface area contributed by atoms with Gasteiger partial charge in [-0.1, -0.05) is 36.4 Å². The molecule has 0 spiro atoms. The van der Waals surface area contributed by atoms with E-state index in [0.29, 0.717) is 11.4 Å². The van der Waals surface area contributed by atoms with Crippen molar-refractivity contribution in [2.45, 2.75) is 9.79 Å². The third-order valence-corrected chi connectivity index (χ3v) is 6.60. The number of benzene rings is 3. The van der Waals surface area contributed by atoms with Gasteiger partial charge in [0.25, 0.3) is 0 Å². The molecule has 0 saturated heterocycles. The summed E-state index contributed by atoms with van der Waals surface area (Å²) in [6.07, 6.45) is 0. The fraction of sp³-hybridized carbons (Fsp3) is 0.0952. The predicted molar refractivity (Wildman–Crippen MR) is 116 cm³/mol. The maximum Gasteiger partial charge on any atom is 0.243 e. The van der Waals surface area contributed by atoms with Gasteiger partial charge in [-0.05, 0) is 52.3 Å². The molecule has 3 aromatic rings. The van der Waals surface area contributed by atoms with E-state index in [4.69, 9.17) is 4.74 Å². The molecule has 0 aliphatic carbocycles. The number of carbonyl (C=O) groups excluding carboxylic acids is 1. The summed E-state index contributed by atoms with van der Waals surface area (Å²) in [6.45, 7) is -0.0630. The summed E-state index contributed by atoms with van der Waals surface area (Å²) < 4.78 is 32.1. The Morgan fingerprint density at radius 1 is 0.931 bits per heavy atom. The molecule has 2 N–H and O–H groups in total. The highest BCUT2D eigenvalue weighted by Gasteiger charge is 2.24. The second-order valence-electron chi connectivity index (χ2n) is 6.04. The fourth-order valence-corrected chi connectivity index (χ4v) is 4.58. The minimum atomic E-state index is -3.77. The summed E-state index contributed by atoms with van der Waals surface area (Å²) in [7, 11) is -2.37. The lowest BCUT2D eigenvalue weighted by atomic mass is 10.3. The van der Waals surface area contributed by atoms with Crippen LogP contribution < -0.4 is 15.4 Å². The lowest BCUT2D eigenvalue weighted by Crippen LogP contribution is -2.22. The molecule has 29 heavy (non-hydrogen) atoms. The number of hydrogen-bond acceptors (Lipinski definition) is 5. The van der Waals surface area contributed by atoms with Crippen LogP contribution in [0.25, 0.3) is 0 Å². The van der Waals surface area contributed by atoms with Crippen molar-refractivity contribution in [2.24, 2.45) is 0 Å². The maximum absolute atomic E-state index is 13.0. The van der Waals surface area contributed by atoms with Gasteiger partial charge in [0.2, 0.25) is 15.7 Å². The van der Waals surface area contributed by atoms with E-state index < -0.39 is 9.84 Å². The van der Waals surface area contributed by atoms with E-state index in [0.717, 1.165) is 4.47 Å². The monoisotopic (exact) mass is 474 g/mol. The van der Waals surface area contributed by atoms with Crippen LogP contribution in [-0.2, 0) is 14.6 Å². The number of ether oxygens (including phenoxy) is 1. The standard InChI is InChI=1S/C21H19BrN2O4S/c1-28-21-18(23-14-20(25)24-17-11-6-5-10-16(17)22)12-7-13-19(21)29(26,27)15-8-3-2-4-9-15/h2-13,23H,14H2,1H3,(H,24,25). The molecule has 0 heterocycles. The number of halogens is 1. The maximum atomic E-state index is 13.0. The Bertz CT molecular complexity index is 1120. The Morgan fingerprint density at radius 2 is 1.59 bits per heavy atom. The Balaban J connectivity index is 1.81. The second-order valence-corrected chi connectivity index (χ2v) is 8.81. The quantitative estimate of drug-likeness (QED) is 0.531. The number of amides is 1. The van der Waals surface area contributed by atoms with Crippen LogP contribution in [0.3, 0.4) is 0 Å². The van der Waals surface area contributed by atoms with Crippen LogP contribution >= 0.6 is 15.9 Å². The fourth-order valence-electron chi connectivity index (χ4n) is 2.74. The van der Waals surface area contributed by atoms with Crippen molar-refractivity contribution >= 4 is 43.0 Å². The highest BCUT2D eigenvalue weighted by atomic mass is 79.9. The van der Waals surface area contributed by atoms with E-state index in [9.17, 15) is 13.2 Å². The van der Waals surface area contributed by atoms with Gasteiger partial charge in [-0.3, -0.25) is 4.79 Å². The van der Waals surface area contributed by atoms with Crippen LogP contribution in [0.2, 0.25) is 0 Å². The third-order valence-electron chi connectivity index (χ3n) is 4.11. The van der Waals surface area contributed by atoms with Crippen LogP contribution in [0.15, 0.2) is 87.1 Å². The van der Waals surface area contributed by atoms with Crippen molar-refractivity contribution < 1.29 is 17.9 Å². The number of rotatable bonds is 7. The molecule has 1 amide bonds. The van der Waals surface area contributed by atoms with Crippen molar-refractivity contribution in [1.29, 1.82) is 0 Å². The molecule has 8 heteroatoms. The van der Waals surface area contributed by atoms with E-state index >= 15 is 0 Å². The molecule has 0 aliphatic rings. The number of hydrogen-bond donors (Lipinski definition) is 2. The number of para-hydroxylation sites is 2. The van der Waals surface area contributed by atoms with E-state index in [2.05, 4.69) is 26.6 Å². The first-order valence-corrected chi connectivity index (χ1v) is 11.0. The first-order chi connectivity index (χ1) is 13.9. The minimum absolute atomic E-state index is 0.0300. The average Bonchev–Trinajstić information content (AvgIpc) is 2.74. The average molecular weight is 475 g/mol. The van der Waals surface area contributed by atoms with E-state index in [-0.39, 0.29) is 28.0 Å². The molecule has 0 radical (unpaired) electrons. The molecule has 6 nitrogen and oxygen atoms in total. The predicted octanol–water partition coefficient (Wildman–Crippen LogP) is 4.34. The molecule has 150 valence electrons. The van der Waals surface area contributed by atoms with E-state index in [1.807, 2.05) is 18.2 Å². The Hall–Kier alpha value is -2.84. The summed E-state index contributed by atoms with van der Waals surface area (Å²) in [5, 5.41) is 5.73. The Kier molecular flexibility index (Phi) is 6.56. The smallest absolute Gasteiger partial charge is 0.243 e. The first kappa shape index (κ1) is 20.9. The van der Waals surface area contributed by atoms with Crippen LogP contribution in [0, 0.1) is 0 Å². The number of methoxy groups -OCH3 is 1. The molecule has 3 aromatic carbocycles. The molecule has 0 saturated carbocycles. The summed E-state index contributed by atoms with van der Waals surface area (Å²) in [5.74, 6) is -0.125. The SMILES string of the molecule is COc1c(NCC(=O)Nc2ccccc2Br)cccc1S(=O)(=O)c1ccccc1. The van der Waals surface area contributed by atoms with Gasteiger partial charge in [-0.25, -0.2) is 8.42 Å². The van der Waals surface area contributed by atoms with Crippen molar-refractivity contribution in [3.63, 3.8) is 0 Å². The van der Waals surface area contributed by atoms with Crippen molar-refractivity contribution in [2.75, 3.05) is 24.3 Å². The van der Waals surface area contributed by atoms with Crippen LogP contribution in [0.1, 0.15) is 0 Å². The minimum Gasteiger partial charge on any atom is -0.493 e. The number of anilines is 2. The lowest BCUT2D eigenvalue weighted by molar-refractivity contribution is -0.114. The normalized spacial score (nSPS) is 11.0. The van der Waals surface area contributed by atoms with E-state index in [1.165, 1.54) is 25.3 Å². The van der Waals surface area contributed by atoms with Gasteiger partial charge < -0.3 is 15.4 Å². The third kappa shape index (κ3) is 4.78. The van der Waals surface area contributed by atoms with Gasteiger partial charge in [-0.15, -0.1) is 0 Å². The zero-order valence-corrected chi connectivity index (χ0v) is 18.0. The van der Waals surface area contributed by atoms with Crippen molar-refractivity contribution in [1.82, 2.24) is 0 Å². The molecule has 0 fully saturated rings. The largest absolute Gasteiger partial charge is 0.493 e. The molecule has 0 aromatic heterocycles. The Morgan fingerprint density at radius 3 is 2.28 bits per heavy atom. The van der Waals surface area contributed by atoms with Crippen LogP contribution in [0.5, 0.6) is 5.75 Å². The van der Waals surface area contributed by atoms with Gasteiger partial charge in [0.15, 0.2) is 5.75 Å². The molecular formula is C21H19BrN2O4S. The van der Waals surface area contributed by atoms with Gasteiger partial charge in [0.05, 0.1) is 29.9 Å². The molecule has 0 atom stereocenters. The van der Waals surface area contributed by atoms with Crippen LogP contribution in [0.4, 0.5) is 11.4 Å². The number of carbonyl (C=O) groups is 1. The summed E-state index contributed by atoms with van der Waals surface area (Å²) in [4.78, 5) is 12.5. The first-order valence-electron chi connectivity index (χ1n) is 8.69. The van der Waals surface area contributed by atoms with E-state index in [1.54, 1.807) is 36.4 Å². The second kappa shape index (κ2) is 9.11. The molecule has 0 unspecified atom stereocenters.